The molecule has 1 atom stereocenters. The van der Waals surface area contributed by atoms with E-state index in [1.807, 2.05) is 13.8 Å². The molecule has 128 valence electrons. The van der Waals surface area contributed by atoms with Crippen LogP contribution in [0.4, 0.5) is 0 Å². The maximum absolute atomic E-state index is 12.2. The molecule has 0 aliphatic heterocycles. The van der Waals surface area contributed by atoms with E-state index in [4.69, 9.17) is 5.11 Å². The zero-order valence-corrected chi connectivity index (χ0v) is 14.1. The van der Waals surface area contributed by atoms with E-state index in [1.165, 1.54) is 19.2 Å². The molecule has 1 aromatic carbocycles. The fourth-order valence-electron chi connectivity index (χ4n) is 2.05. The van der Waals surface area contributed by atoms with Gasteiger partial charge in [0.2, 0.25) is 10.0 Å². The SMILES string of the molecule is COC(=O)c1cccc(CS(=O)(=O)N[C@@H](CC(C)C)C(=O)O)c1. The van der Waals surface area contributed by atoms with Crippen LogP contribution in [-0.4, -0.2) is 38.6 Å². The molecule has 0 aliphatic rings. The minimum Gasteiger partial charge on any atom is -0.480 e. The monoisotopic (exact) mass is 343 g/mol. The summed E-state index contributed by atoms with van der Waals surface area (Å²) in [6.07, 6.45) is 0.191. The van der Waals surface area contributed by atoms with Gasteiger partial charge in [0.15, 0.2) is 0 Å². The Morgan fingerprint density at radius 3 is 2.48 bits per heavy atom. The Bertz CT molecular complexity index is 668. The Morgan fingerprint density at radius 1 is 1.30 bits per heavy atom. The summed E-state index contributed by atoms with van der Waals surface area (Å²) in [7, 11) is -2.62. The van der Waals surface area contributed by atoms with Gasteiger partial charge in [-0.15, -0.1) is 0 Å². The minimum atomic E-state index is -3.86. The van der Waals surface area contributed by atoms with E-state index in [2.05, 4.69) is 9.46 Å². The van der Waals surface area contributed by atoms with E-state index in [0.29, 0.717) is 5.56 Å². The van der Waals surface area contributed by atoms with E-state index < -0.39 is 33.8 Å². The summed E-state index contributed by atoms with van der Waals surface area (Å²) < 4.78 is 31.1. The first-order valence-corrected chi connectivity index (χ1v) is 8.70. The van der Waals surface area contributed by atoms with Crippen molar-refractivity contribution >= 4 is 22.0 Å². The summed E-state index contributed by atoms with van der Waals surface area (Å²) in [5.74, 6) is -2.17. The maximum atomic E-state index is 12.2. The second-order valence-corrected chi connectivity index (χ2v) is 7.34. The quantitative estimate of drug-likeness (QED) is 0.690. The topological polar surface area (TPSA) is 110 Å². The van der Waals surface area contributed by atoms with Crippen molar-refractivity contribution in [3.8, 4) is 0 Å². The summed E-state index contributed by atoms with van der Waals surface area (Å²) in [6.45, 7) is 3.62. The lowest BCUT2D eigenvalue weighted by molar-refractivity contribution is -0.139. The van der Waals surface area contributed by atoms with Crippen molar-refractivity contribution in [3.63, 3.8) is 0 Å². The third-order valence-electron chi connectivity index (χ3n) is 3.03. The highest BCUT2D eigenvalue weighted by Crippen LogP contribution is 2.12. The Kier molecular flexibility index (Phi) is 6.71. The van der Waals surface area contributed by atoms with Crippen LogP contribution in [0.25, 0.3) is 0 Å². The Morgan fingerprint density at radius 2 is 1.96 bits per heavy atom. The number of hydrogen-bond donors (Lipinski definition) is 2. The van der Waals surface area contributed by atoms with E-state index in [0.717, 1.165) is 0 Å². The van der Waals surface area contributed by atoms with Gasteiger partial charge in [0.05, 0.1) is 18.4 Å². The molecule has 0 radical (unpaired) electrons. The number of methoxy groups -OCH3 is 1. The number of benzene rings is 1. The summed E-state index contributed by atoms with van der Waals surface area (Å²) >= 11 is 0. The van der Waals surface area contributed by atoms with Crippen LogP contribution >= 0.6 is 0 Å². The van der Waals surface area contributed by atoms with Crippen LogP contribution in [0.15, 0.2) is 24.3 Å². The summed E-state index contributed by atoms with van der Waals surface area (Å²) in [5, 5.41) is 9.11. The molecular formula is C15H21NO6S. The molecule has 0 amide bonds. The lowest BCUT2D eigenvalue weighted by Crippen LogP contribution is -2.42. The highest BCUT2D eigenvalue weighted by atomic mass is 32.2. The number of esters is 1. The predicted octanol–water partition coefficient (Wildman–Crippen LogP) is 1.39. The van der Waals surface area contributed by atoms with Crippen LogP contribution in [0.1, 0.15) is 36.2 Å². The molecule has 0 fully saturated rings. The third kappa shape index (κ3) is 6.37. The molecule has 0 saturated carbocycles. The van der Waals surface area contributed by atoms with Gasteiger partial charge in [0.1, 0.15) is 6.04 Å². The number of ether oxygens (including phenoxy) is 1. The second-order valence-electron chi connectivity index (χ2n) is 5.59. The zero-order valence-electron chi connectivity index (χ0n) is 13.3. The van der Waals surface area contributed by atoms with Crippen LogP contribution in [0.5, 0.6) is 0 Å². The van der Waals surface area contributed by atoms with Crippen LogP contribution < -0.4 is 4.72 Å². The molecule has 23 heavy (non-hydrogen) atoms. The van der Waals surface area contributed by atoms with Crippen molar-refractivity contribution in [3.05, 3.63) is 35.4 Å². The van der Waals surface area contributed by atoms with Crippen molar-refractivity contribution in [2.45, 2.75) is 32.1 Å². The summed E-state index contributed by atoms with van der Waals surface area (Å²) in [4.78, 5) is 22.6. The van der Waals surface area contributed by atoms with Gasteiger partial charge in [-0.05, 0) is 30.0 Å². The van der Waals surface area contributed by atoms with Gasteiger partial charge in [0, 0.05) is 0 Å². The number of rotatable bonds is 8. The number of carbonyl (C=O) groups excluding carboxylic acids is 1. The Balaban J connectivity index is 2.89. The van der Waals surface area contributed by atoms with Crippen molar-refractivity contribution < 1.29 is 27.9 Å². The van der Waals surface area contributed by atoms with Crippen molar-refractivity contribution in [1.82, 2.24) is 4.72 Å². The molecule has 8 heteroatoms. The van der Waals surface area contributed by atoms with E-state index in [-0.39, 0.29) is 17.9 Å². The van der Waals surface area contributed by atoms with Crippen LogP contribution in [0.2, 0.25) is 0 Å². The molecule has 0 aromatic heterocycles. The first-order chi connectivity index (χ1) is 10.6. The Hall–Kier alpha value is -1.93. The van der Waals surface area contributed by atoms with Crippen molar-refractivity contribution in [1.29, 1.82) is 0 Å². The molecule has 0 heterocycles. The fraction of sp³-hybridized carbons (Fsp3) is 0.467. The van der Waals surface area contributed by atoms with E-state index in [9.17, 15) is 18.0 Å². The third-order valence-corrected chi connectivity index (χ3v) is 4.39. The molecule has 0 unspecified atom stereocenters. The van der Waals surface area contributed by atoms with Gasteiger partial charge in [-0.3, -0.25) is 4.79 Å². The normalized spacial score (nSPS) is 12.9. The highest BCUT2D eigenvalue weighted by molar-refractivity contribution is 7.88. The van der Waals surface area contributed by atoms with Crippen molar-refractivity contribution in [2.24, 2.45) is 5.92 Å². The van der Waals surface area contributed by atoms with E-state index in [1.54, 1.807) is 12.1 Å². The zero-order chi connectivity index (χ0) is 17.6. The van der Waals surface area contributed by atoms with Crippen LogP contribution in [0, 0.1) is 5.92 Å². The number of carboxylic acids is 1. The van der Waals surface area contributed by atoms with Gasteiger partial charge in [-0.1, -0.05) is 26.0 Å². The largest absolute Gasteiger partial charge is 0.480 e. The van der Waals surface area contributed by atoms with Gasteiger partial charge >= 0.3 is 11.9 Å². The average Bonchev–Trinajstić information content (AvgIpc) is 2.44. The standard InChI is InChI=1S/C15H21NO6S/c1-10(2)7-13(14(17)18)16-23(20,21)9-11-5-4-6-12(8-11)15(19)22-3/h4-6,8,10,13,16H,7,9H2,1-3H3,(H,17,18)/t13-/m0/s1. The van der Waals surface area contributed by atoms with Gasteiger partial charge in [-0.2, -0.15) is 0 Å². The molecule has 7 nitrogen and oxygen atoms in total. The van der Waals surface area contributed by atoms with E-state index >= 15 is 0 Å². The number of nitrogens with one attached hydrogen (secondary N) is 1. The number of hydrogen-bond acceptors (Lipinski definition) is 5. The smallest absolute Gasteiger partial charge is 0.337 e. The molecule has 0 aliphatic carbocycles. The number of carboxylic acid groups (broad SMARTS) is 1. The van der Waals surface area contributed by atoms with Gasteiger partial charge < -0.3 is 9.84 Å². The molecule has 0 saturated heterocycles. The second kappa shape index (κ2) is 8.07. The first kappa shape index (κ1) is 19.1. The highest BCUT2D eigenvalue weighted by Gasteiger charge is 2.25. The van der Waals surface area contributed by atoms with Crippen molar-refractivity contribution in [2.75, 3.05) is 7.11 Å². The molecule has 1 rings (SSSR count). The first-order valence-electron chi connectivity index (χ1n) is 7.04. The molecule has 2 N–H and O–H groups in total. The molecule has 0 spiro atoms. The average molecular weight is 343 g/mol. The predicted molar refractivity (Wildman–Crippen MR) is 84.4 cm³/mol. The van der Waals surface area contributed by atoms with Gasteiger partial charge in [-0.25, -0.2) is 17.9 Å². The number of carbonyl (C=O) groups is 2. The van der Waals surface area contributed by atoms with Crippen LogP contribution in [0.3, 0.4) is 0 Å². The summed E-state index contributed by atoms with van der Waals surface area (Å²) in [6, 6.07) is 4.82. The summed E-state index contributed by atoms with van der Waals surface area (Å²) in [5.41, 5.74) is 0.603. The lowest BCUT2D eigenvalue weighted by atomic mass is 10.1. The lowest BCUT2D eigenvalue weighted by Gasteiger charge is -2.16. The van der Waals surface area contributed by atoms with Crippen LogP contribution in [-0.2, 0) is 25.3 Å². The van der Waals surface area contributed by atoms with Gasteiger partial charge in [0.25, 0.3) is 0 Å². The fourth-order valence-corrected chi connectivity index (χ4v) is 3.39. The molecular weight excluding hydrogens is 322 g/mol. The number of aliphatic carboxylic acids is 1. The number of sulfonamides is 1. The Labute approximate surface area is 135 Å². The maximum Gasteiger partial charge on any atom is 0.337 e. The molecule has 0 bridgehead atoms. The minimum absolute atomic E-state index is 0.0291. The molecule has 1 aromatic rings.